The van der Waals surface area contributed by atoms with E-state index >= 15 is 0 Å². The summed E-state index contributed by atoms with van der Waals surface area (Å²) >= 11 is 0. The largest absolute Gasteiger partial charge is 0.467 e. The number of hydrogen-bond donors (Lipinski definition) is 2. The van der Waals surface area contributed by atoms with E-state index < -0.39 is 6.04 Å². The van der Waals surface area contributed by atoms with E-state index in [2.05, 4.69) is 15.4 Å². The van der Waals surface area contributed by atoms with Crippen LogP contribution in [0.1, 0.15) is 19.4 Å². The van der Waals surface area contributed by atoms with Gasteiger partial charge in [0.1, 0.15) is 6.04 Å². The number of ether oxygens (including phenoxy) is 1. The average Bonchev–Trinajstić information content (AvgIpc) is 2.40. The number of amides is 1. The van der Waals surface area contributed by atoms with Crippen LogP contribution in [0.5, 0.6) is 0 Å². The van der Waals surface area contributed by atoms with E-state index in [0.717, 1.165) is 11.3 Å². The number of hydrogen-bond acceptors (Lipinski definition) is 4. The van der Waals surface area contributed by atoms with Gasteiger partial charge < -0.3 is 15.4 Å². The van der Waals surface area contributed by atoms with Gasteiger partial charge in [-0.3, -0.25) is 4.79 Å². The summed E-state index contributed by atoms with van der Waals surface area (Å²) in [5.41, 5.74) is 1.75. The fourth-order valence-corrected chi connectivity index (χ4v) is 1.65. The molecule has 0 radical (unpaired) electrons. The number of carbonyl (C=O) groups is 2. The van der Waals surface area contributed by atoms with Gasteiger partial charge in [0.2, 0.25) is 5.91 Å². The zero-order chi connectivity index (χ0) is 14.3. The standard InChI is InChI=1S/C14H20N2O3/c1-4-15-13(17)9-11-5-7-12(8-6-11)16-10(2)14(18)19-3/h5-8,10,16H,4,9H2,1-3H3,(H,15,17). The molecule has 1 atom stereocenters. The molecular weight excluding hydrogens is 244 g/mol. The molecule has 0 aliphatic heterocycles. The van der Waals surface area contributed by atoms with E-state index in [1.165, 1.54) is 7.11 Å². The predicted molar refractivity (Wildman–Crippen MR) is 73.9 cm³/mol. The van der Waals surface area contributed by atoms with Crippen LogP contribution in [0.3, 0.4) is 0 Å². The molecule has 2 N–H and O–H groups in total. The predicted octanol–water partition coefficient (Wildman–Crippen LogP) is 1.34. The van der Waals surface area contributed by atoms with Crippen molar-refractivity contribution < 1.29 is 14.3 Å². The number of likely N-dealkylation sites (N-methyl/N-ethyl adjacent to an activating group) is 1. The van der Waals surface area contributed by atoms with Gasteiger partial charge in [0.05, 0.1) is 13.5 Å². The maximum absolute atomic E-state index is 11.4. The Kier molecular flexibility index (Phi) is 5.85. The summed E-state index contributed by atoms with van der Waals surface area (Å²) in [7, 11) is 1.36. The second-order valence-electron chi connectivity index (χ2n) is 4.22. The Bertz CT molecular complexity index is 429. The highest BCUT2D eigenvalue weighted by atomic mass is 16.5. The Balaban J connectivity index is 2.56. The molecule has 1 unspecified atom stereocenters. The first-order chi connectivity index (χ1) is 9.06. The normalized spacial score (nSPS) is 11.5. The summed E-state index contributed by atoms with van der Waals surface area (Å²) in [6.07, 6.45) is 0.362. The van der Waals surface area contributed by atoms with Gasteiger partial charge in [-0.05, 0) is 31.5 Å². The fourth-order valence-electron chi connectivity index (χ4n) is 1.65. The van der Waals surface area contributed by atoms with E-state index in [-0.39, 0.29) is 11.9 Å². The van der Waals surface area contributed by atoms with Crippen LogP contribution in [-0.2, 0) is 20.7 Å². The lowest BCUT2D eigenvalue weighted by Crippen LogP contribution is -2.27. The molecule has 5 nitrogen and oxygen atoms in total. The molecule has 0 bridgehead atoms. The molecule has 19 heavy (non-hydrogen) atoms. The van der Waals surface area contributed by atoms with Crippen molar-refractivity contribution in [3.8, 4) is 0 Å². The first-order valence-corrected chi connectivity index (χ1v) is 6.26. The van der Waals surface area contributed by atoms with Crippen LogP contribution in [0.25, 0.3) is 0 Å². The lowest BCUT2D eigenvalue weighted by Gasteiger charge is -2.13. The summed E-state index contributed by atoms with van der Waals surface area (Å²) in [6, 6.07) is 7.00. The topological polar surface area (TPSA) is 67.4 Å². The van der Waals surface area contributed by atoms with Crippen molar-refractivity contribution in [2.75, 3.05) is 19.0 Å². The smallest absolute Gasteiger partial charge is 0.327 e. The van der Waals surface area contributed by atoms with Crippen LogP contribution < -0.4 is 10.6 Å². The lowest BCUT2D eigenvalue weighted by molar-refractivity contribution is -0.141. The van der Waals surface area contributed by atoms with Crippen LogP contribution >= 0.6 is 0 Å². The molecule has 0 spiro atoms. The third-order valence-corrected chi connectivity index (χ3v) is 2.63. The van der Waals surface area contributed by atoms with Gasteiger partial charge in [-0.1, -0.05) is 12.1 Å². The van der Waals surface area contributed by atoms with Crippen molar-refractivity contribution in [3.63, 3.8) is 0 Å². The maximum Gasteiger partial charge on any atom is 0.327 e. The molecule has 5 heteroatoms. The Morgan fingerprint density at radius 2 is 1.89 bits per heavy atom. The monoisotopic (exact) mass is 264 g/mol. The number of methoxy groups -OCH3 is 1. The molecule has 0 aliphatic carbocycles. The Hall–Kier alpha value is -2.04. The van der Waals surface area contributed by atoms with Gasteiger partial charge >= 0.3 is 5.97 Å². The van der Waals surface area contributed by atoms with Crippen molar-refractivity contribution in [2.24, 2.45) is 0 Å². The van der Waals surface area contributed by atoms with Crippen molar-refractivity contribution in [1.82, 2.24) is 5.32 Å². The number of rotatable bonds is 6. The number of carbonyl (C=O) groups excluding carboxylic acids is 2. The molecule has 1 rings (SSSR count). The molecule has 1 amide bonds. The van der Waals surface area contributed by atoms with E-state index in [4.69, 9.17) is 0 Å². The number of anilines is 1. The SMILES string of the molecule is CCNC(=O)Cc1ccc(NC(C)C(=O)OC)cc1. The second-order valence-corrected chi connectivity index (χ2v) is 4.22. The van der Waals surface area contributed by atoms with Crippen LogP contribution in [0.2, 0.25) is 0 Å². The highest BCUT2D eigenvalue weighted by Gasteiger charge is 2.12. The third kappa shape index (κ3) is 4.99. The fraction of sp³-hybridized carbons (Fsp3) is 0.429. The van der Waals surface area contributed by atoms with Gasteiger partial charge in [0, 0.05) is 12.2 Å². The summed E-state index contributed by atoms with van der Waals surface area (Å²) in [4.78, 5) is 22.7. The highest BCUT2D eigenvalue weighted by Crippen LogP contribution is 2.11. The van der Waals surface area contributed by atoms with E-state index in [1.807, 2.05) is 31.2 Å². The molecule has 0 heterocycles. The summed E-state index contributed by atoms with van der Waals surface area (Å²) in [5.74, 6) is -0.308. The lowest BCUT2D eigenvalue weighted by atomic mass is 10.1. The van der Waals surface area contributed by atoms with Crippen LogP contribution in [-0.4, -0.2) is 31.6 Å². The highest BCUT2D eigenvalue weighted by molar-refractivity contribution is 5.79. The minimum atomic E-state index is -0.403. The maximum atomic E-state index is 11.4. The number of nitrogens with one attached hydrogen (secondary N) is 2. The van der Waals surface area contributed by atoms with E-state index in [1.54, 1.807) is 6.92 Å². The minimum absolute atomic E-state index is 0.00568. The van der Waals surface area contributed by atoms with Crippen LogP contribution in [0.4, 0.5) is 5.69 Å². The Morgan fingerprint density at radius 1 is 1.26 bits per heavy atom. The van der Waals surface area contributed by atoms with Crippen molar-refractivity contribution in [2.45, 2.75) is 26.3 Å². The number of benzene rings is 1. The Morgan fingerprint density at radius 3 is 2.42 bits per heavy atom. The van der Waals surface area contributed by atoms with Gasteiger partial charge in [-0.15, -0.1) is 0 Å². The van der Waals surface area contributed by atoms with Crippen molar-refractivity contribution in [1.29, 1.82) is 0 Å². The van der Waals surface area contributed by atoms with Crippen LogP contribution in [0, 0.1) is 0 Å². The summed E-state index contributed by atoms with van der Waals surface area (Å²) < 4.78 is 4.63. The van der Waals surface area contributed by atoms with Crippen LogP contribution in [0.15, 0.2) is 24.3 Å². The summed E-state index contributed by atoms with van der Waals surface area (Å²) in [6.45, 7) is 4.25. The molecule has 0 fully saturated rings. The first-order valence-electron chi connectivity index (χ1n) is 6.26. The zero-order valence-electron chi connectivity index (χ0n) is 11.5. The quantitative estimate of drug-likeness (QED) is 0.761. The van der Waals surface area contributed by atoms with E-state index in [0.29, 0.717) is 13.0 Å². The van der Waals surface area contributed by atoms with E-state index in [9.17, 15) is 9.59 Å². The molecule has 1 aromatic carbocycles. The first kappa shape index (κ1) is 15.0. The van der Waals surface area contributed by atoms with Gasteiger partial charge in [0.15, 0.2) is 0 Å². The second kappa shape index (κ2) is 7.41. The average molecular weight is 264 g/mol. The molecule has 104 valence electrons. The Labute approximate surface area is 113 Å². The molecule has 0 saturated carbocycles. The molecule has 0 aromatic heterocycles. The van der Waals surface area contributed by atoms with Crippen molar-refractivity contribution in [3.05, 3.63) is 29.8 Å². The molecule has 0 aliphatic rings. The zero-order valence-corrected chi connectivity index (χ0v) is 11.5. The number of esters is 1. The van der Waals surface area contributed by atoms with Gasteiger partial charge in [0.25, 0.3) is 0 Å². The molecule has 0 saturated heterocycles. The summed E-state index contributed by atoms with van der Waals surface area (Å²) in [5, 5.41) is 5.77. The van der Waals surface area contributed by atoms with Crippen molar-refractivity contribution >= 4 is 17.6 Å². The third-order valence-electron chi connectivity index (χ3n) is 2.63. The minimum Gasteiger partial charge on any atom is -0.467 e. The molecule has 1 aromatic rings. The van der Waals surface area contributed by atoms with Gasteiger partial charge in [-0.2, -0.15) is 0 Å². The van der Waals surface area contributed by atoms with Gasteiger partial charge in [-0.25, -0.2) is 4.79 Å². The molecular formula is C14H20N2O3.